The van der Waals surface area contributed by atoms with Crippen molar-refractivity contribution >= 4 is 39.1 Å². The molecule has 0 saturated heterocycles. The van der Waals surface area contributed by atoms with Crippen LogP contribution in [0.2, 0.25) is 5.02 Å². The van der Waals surface area contributed by atoms with Crippen LogP contribution in [0.3, 0.4) is 0 Å². The number of hydrogen-bond acceptors (Lipinski definition) is 3. The van der Waals surface area contributed by atoms with Crippen molar-refractivity contribution in [2.75, 3.05) is 12.4 Å². The number of aromatic hydroxyl groups is 1. The van der Waals surface area contributed by atoms with Gasteiger partial charge in [0, 0.05) is 15.6 Å². The smallest absolute Gasteiger partial charge is 0.259 e. The number of rotatable bonds is 3. The molecule has 0 fully saturated rings. The molecule has 2 rings (SSSR count). The Morgan fingerprint density at radius 2 is 2.05 bits per heavy atom. The van der Waals surface area contributed by atoms with Crippen LogP contribution in [-0.4, -0.2) is 18.1 Å². The zero-order chi connectivity index (χ0) is 14.7. The molecule has 0 aliphatic heterocycles. The number of nitrogens with one attached hydrogen (secondary N) is 1. The van der Waals surface area contributed by atoms with Gasteiger partial charge in [-0.05, 0) is 46.3 Å². The van der Waals surface area contributed by atoms with Crippen LogP contribution >= 0.6 is 27.5 Å². The van der Waals surface area contributed by atoms with Gasteiger partial charge in [-0.1, -0.05) is 11.6 Å². The van der Waals surface area contributed by atoms with Crippen LogP contribution in [0, 0.1) is 0 Å². The zero-order valence-electron chi connectivity index (χ0n) is 10.5. The first kappa shape index (κ1) is 14.7. The average molecular weight is 357 g/mol. The van der Waals surface area contributed by atoms with Gasteiger partial charge in [0.25, 0.3) is 5.91 Å². The fourth-order valence-electron chi connectivity index (χ4n) is 1.61. The fraction of sp³-hybridized carbons (Fsp3) is 0.0714. The first-order valence-electron chi connectivity index (χ1n) is 5.64. The molecule has 0 radical (unpaired) electrons. The number of benzene rings is 2. The monoisotopic (exact) mass is 355 g/mol. The topological polar surface area (TPSA) is 58.6 Å². The van der Waals surface area contributed by atoms with Gasteiger partial charge in [0.1, 0.15) is 11.5 Å². The van der Waals surface area contributed by atoms with Crippen LogP contribution in [0.15, 0.2) is 40.9 Å². The second kappa shape index (κ2) is 6.15. The standard InChI is InChI=1S/C14H11BrClNO3/c1-20-9-3-4-10(13(18)7-9)14(19)17-12-5-2-8(16)6-11(12)15/h2-7,18H,1H3,(H,17,19). The average Bonchev–Trinajstić information content (AvgIpc) is 2.41. The molecule has 0 aliphatic rings. The van der Waals surface area contributed by atoms with Gasteiger partial charge in [-0.3, -0.25) is 4.79 Å². The minimum Gasteiger partial charge on any atom is -0.507 e. The van der Waals surface area contributed by atoms with Gasteiger partial charge in [0.2, 0.25) is 0 Å². The molecule has 0 aromatic heterocycles. The van der Waals surface area contributed by atoms with Gasteiger partial charge in [-0.15, -0.1) is 0 Å². The summed E-state index contributed by atoms with van der Waals surface area (Å²) in [7, 11) is 1.49. The van der Waals surface area contributed by atoms with Crippen molar-refractivity contribution in [2.24, 2.45) is 0 Å². The maximum atomic E-state index is 12.1. The van der Waals surface area contributed by atoms with E-state index >= 15 is 0 Å². The van der Waals surface area contributed by atoms with Crippen LogP contribution in [0.5, 0.6) is 11.5 Å². The largest absolute Gasteiger partial charge is 0.507 e. The highest BCUT2D eigenvalue weighted by Gasteiger charge is 2.13. The number of ether oxygens (including phenoxy) is 1. The summed E-state index contributed by atoms with van der Waals surface area (Å²) in [5.74, 6) is -0.0909. The lowest BCUT2D eigenvalue weighted by atomic mass is 10.1. The van der Waals surface area contributed by atoms with Gasteiger partial charge in [0.15, 0.2) is 0 Å². The Bertz CT molecular complexity index is 661. The van der Waals surface area contributed by atoms with Crippen LogP contribution in [0.4, 0.5) is 5.69 Å². The van der Waals surface area contributed by atoms with E-state index < -0.39 is 5.91 Å². The number of hydrogen-bond donors (Lipinski definition) is 2. The summed E-state index contributed by atoms with van der Waals surface area (Å²) in [6.45, 7) is 0. The third kappa shape index (κ3) is 3.23. The van der Waals surface area contributed by atoms with E-state index in [1.165, 1.54) is 19.2 Å². The zero-order valence-corrected chi connectivity index (χ0v) is 12.8. The number of halogens is 2. The lowest BCUT2D eigenvalue weighted by molar-refractivity contribution is 0.102. The number of anilines is 1. The van der Waals surface area contributed by atoms with E-state index in [1.54, 1.807) is 24.3 Å². The number of carbonyl (C=O) groups is 1. The molecule has 20 heavy (non-hydrogen) atoms. The number of carbonyl (C=O) groups excluding carboxylic acids is 1. The molecule has 2 N–H and O–H groups in total. The van der Waals surface area contributed by atoms with Crippen molar-refractivity contribution in [3.8, 4) is 11.5 Å². The molecule has 1 amide bonds. The molecule has 2 aromatic rings. The van der Waals surface area contributed by atoms with E-state index in [9.17, 15) is 9.90 Å². The predicted molar refractivity (Wildman–Crippen MR) is 81.8 cm³/mol. The Kier molecular flexibility index (Phi) is 4.52. The molecule has 0 heterocycles. The van der Waals surface area contributed by atoms with Gasteiger partial charge in [-0.2, -0.15) is 0 Å². The number of phenols is 1. The van der Waals surface area contributed by atoms with Crippen molar-refractivity contribution in [2.45, 2.75) is 0 Å². The molecule has 104 valence electrons. The van der Waals surface area contributed by atoms with E-state index in [0.717, 1.165) is 0 Å². The van der Waals surface area contributed by atoms with Crippen molar-refractivity contribution in [3.63, 3.8) is 0 Å². The lowest BCUT2D eigenvalue weighted by Gasteiger charge is -2.09. The second-order valence-corrected chi connectivity index (χ2v) is 5.25. The number of methoxy groups -OCH3 is 1. The highest BCUT2D eigenvalue weighted by molar-refractivity contribution is 9.10. The normalized spacial score (nSPS) is 10.2. The summed E-state index contributed by atoms with van der Waals surface area (Å²) in [6, 6.07) is 9.48. The van der Waals surface area contributed by atoms with Gasteiger partial charge in [0.05, 0.1) is 18.4 Å². The van der Waals surface area contributed by atoms with Crippen LogP contribution < -0.4 is 10.1 Å². The Labute approximate surface area is 129 Å². The lowest BCUT2D eigenvalue weighted by Crippen LogP contribution is -2.12. The Hall–Kier alpha value is -1.72. The molecule has 4 nitrogen and oxygen atoms in total. The molecule has 0 aliphatic carbocycles. The Morgan fingerprint density at radius 1 is 1.30 bits per heavy atom. The molecule has 0 saturated carbocycles. The van der Waals surface area contributed by atoms with Gasteiger partial charge < -0.3 is 15.2 Å². The maximum Gasteiger partial charge on any atom is 0.259 e. The number of phenolic OH excluding ortho intramolecular Hbond substituents is 1. The van der Waals surface area contributed by atoms with Crippen LogP contribution in [-0.2, 0) is 0 Å². The highest BCUT2D eigenvalue weighted by Crippen LogP contribution is 2.28. The van der Waals surface area contributed by atoms with Gasteiger partial charge >= 0.3 is 0 Å². The van der Waals surface area contributed by atoms with E-state index in [2.05, 4.69) is 21.2 Å². The molecule has 0 unspecified atom stereocenters. The van der Waals surface area contributed by atoms with Crippen LogP contribution in [0.1, 0.15) is 10.4 Å². The molecular weight excluding hydrogens is 346 g/mol. The van der Waals surface area contributed by atoms with Crippen molar-refractivity contribution < 1.29 is 14.6 Å². The summed E-state index contributed by atoms with van der Waals surface area (Å²) in [5, 5.41) is 13.1. The first-order chi connectivity index (χ1) is 9.51. The highest BCUT2D eigenvalue weighted by atomic mass is 79.9. The Balaban J connectivity index is 2.24. The van der Waals surface area contributed by atoms with E-state index in [0.29, 0.717) is 20.9 Å². The van der Waals surface area contributed by atoms with Crippen molar-refractivity contribution in [1.82, 2.24) is 0 Å². The number of amides is 1. The van der Waals surface area contributed by atoms with Crippen LogP contribution in [0.25, 0.3) is 0 Å². The predicted octanol–water partition coefficient (Wildman–Crippen LogP) is 4.07. The van der Waals surface area contributed by atoms with E-state index in [1.807, 2.05) is 0 Å². The van der Waals surface area contributed by atoms with Gasteiger partial charge in [-0.25, -0.2) is 0 Å². The fourth-order valence-corrected chi connectivity index (χ4v) is 2.39. The SMILES string of the molecule is COc1ccc(C(=O)Nc2ccc(Cl)cc2Br)c(O)c1. The Morgan fingerprint density at radius 3 is 2.65 bits per heavy atom. The molecule has 0 bridgehead atoms. The summed E-state index contributed by atoms with van der Waals surface area (Å²) >= 11 is 9.14. The third-order valence-electron chi connectivity index (χ3n) is 2.63. The molecule has 0 atom stereocenters. The second-order valence-electron chi connectivity index (χ2n) is 3.96. The summed E-state index contributed by atoms with van der Waals surface area (Å²) in [5.41, 5.74) is 0.724. The molecule has 0 spiro atoms. The van der Waals surface area contributed by atoms with E-state index in [-0.39, 0.29) is 11.3 Å². The first-order valence-corrected chi connectivity index (χ1v) is 6.82. The quantitative estimate of drug-likeness (QED) is 0.871. The summed E-state index contributed by atoms with van der Waals surface area (Å²) in [4.78, 5) is 12.1. The summed E-state index contributed by atoms with van der Waals surface area (Å²) in [6.07, 6.45) is 0. The van der Waals surface area contributed by atoms with Crippen molar-refractivity contribution in [3.05, 3.63) is 51.5 Å². The minimum absolute atomic E-state index is 0.146. The minimum atomic E-state index is -0.423. The third-order valence-corrected chi connectivity index (χ3v) is 3.52. The molecule has 2 aromatic carbocycles. The maximum absolute atomic E-state index is 12.1. The van der Waals surface area contributed by atoms with E-state index in [4.69, 9.17) is 16.3 Å². The molecular formula is C14H11BrClNO3. The summed E-state index contributed by atoms with van der Waals surface area (Å²) < 4.78 is 5.63. The molecule has 6 heteroatoms. The van der Waals surface area contributed by atoms with Crippen molar-refractivity contribution in [1.29, 1.82) is 0 Å².